The predicted molar refractivity (Wildman–Crippen MR) is 65.0 cm³/mol. The van der Waals surface area contributed by atoms with Crippen LogP contribution < -0.4 is 5.32 Å². The molecule has 1 rings (SSSR count). The summed E-state index contributed by atoms with van der Waals surface area (Å²) >= 11 is 1.90. The average molecular weight is 211 g/mol. The Bertz CT molecular complexity index is 289. The van der Waals surface area contributed by atoms with Crippen molar-refractivity contribution in [2.75, 3.05) is 6.54 Å². The van der Waals surface area contributed by atoms with Crippen LogP contribution in [0.5, 0.6) is 0 Å². The second kappa shape index (κ2) is 4.94. The zero-order valence-electron chi connectivity index (χ0n) is 9.85. The molecule has 0 aliphatic rings. The molecule has 1 nitrogen and oxygen atoms in total. The molecule has 1 aromatic heterocycles. The second-order valence-electron chi connectivity index (χ2n) is 4.15. The van der Waals surface area contributed by atoms with Crippen LogP contribution in [0.1, 0.15) is 42.1 Å². The molecule has 1 aromatic rings. The van der Waals surface area contributed by atoms with Gasteiger partial charge in [-0.3, -0.25) is 0 Å². The van der Waals surface area contributed by atoms with Gasteiger partial charge in [-0.25, -0.2) is 0 Å². The number of hydrogen-bond acceptors (Lipinski definition) is 2. The van der Waals surface area contributed by atoms with Gasteiger partial charge in [0.15, 0.2) is 0 Å². The van der Waals surface area contributed by atoms with Gasteiger partial charge in [-0.1, -0.05) is 20.8 Å². The Kier molecular flexibility index (Phi) is 4.14. The zero-order valence-corrected chi connectivity index (χ0v) is 10.7. The molecule has 0 bridgehead atoms. The van der Waals surface area contributed by atoms with E-state index in [1.54, 1.807) is 0 Å². The molecule has 0 aliphatic carbocycles. The largest absolute Gasteiger partial charge is 0.310 e. The number of nitrogens with one attached hydrogen (secondary N) is 1. The van der Waals surface area contributed by atoms with Crippen LogP contribution >= 0.6 is 11.3 Å². The lowest BCUT2D eigenvalue weighted by molar-refractivity contribution is 0.421. The van der Waals surface area contributed by atoms with Crippen LogP contribution in [0.15, 0.2) is 6.07 Å². The molecule has 0 fully saturated rings. The van der Waals surface area contributed by atoms with Gasteiger partial charge in [0.1, 0.15) is 0 Å². The van der Waals surface area contributed by atoms with E-state index < -0.39 is 0 Å². The third-order valence-corrected chi connectivity index (χ3v) is 3.49. The first-order valence-electron chi connectivity index (χ1n) is 5.36. The fourth-order valence-electron chi connectivity index (χ4n) is 1.88. The van der Waals surface area contributed by atoms with Crippen molar-refractivity contribution in [3.8, 4) is 0 Å². The van der Waals surface area contributed by atoms with Gasteiger partial charge in [-0.15, -0.1) is 11.3 Å². The Morgan fingerprint density at radius 1 is 1.36 bits per heavy atom. The summed E-state index contributed by atoms with van der Waals surface area (Å²) in [6, 6.07) is 2.85. The van der Waals surface area contributed by atoms with Gasteiger partial charge >= 0.3 is 0 Å². The lowest BCUT2D eigenvalue weighted by Gasteiger charge is -2.21. The summed E-state index contributed by atoms with van der Waals surface area (Å²) in [6.45, 7) is 12.2. The van der Waals surface area contributed by atoms with Gasteiger partial charge in [-0.2, -0.15) is 0 Å². The fourth-order valence-corrected chi connectivity index (χ4v) is 2.86. The molecule has 0 saturated carbocycles. The number of aryl methyl sites for hydroxylation is 2. The van der Waals surface area contributed by atoms with E-state index in [1.165, 1.54) is 15.3 Å². The molecule has 1 unspecified atom stereocenters. The molecule has 0 saturated heterocycles. The molecule has 0 amide bonds. The summed E-state index contributed by atoms with van der Waals surface area (Å²) in [5.41, 5.74) is 1.49. The number of rotatable bonds is 4. The Balaban J connectivity index is 2.92. The van der Waals surface area contributed by atoms with Gasteiger partial charge in [0, 0.05) is 15.8 Å². The Labute approximate surface area is 91.5 Å². The summed E-state index contributed by atoms with van der Waals surface area (Å²) in [5, 5.41) is 3.56. The Morgan fingerprint density at radius 3 is 2.36 bits per heavy atom. The van der Waals surface area contributed by atoms with Gasteiger partial charge in [0.05, 0.1) is 0 Å². The minimum absolute atomic E-state index is 0.518. The van der Waals surface area contributed by atoms with Crippen molar-refractivity contribution < 1.29 is 0 Å². The van der Waals surface area contributed by atoms with Crippen molar-refractivity contribution >= 4 is 11.3 Å². The topological polar surface area (TPSA) is 12.0 Å². The van der Waals surface area contributed by atoms with E-state index in [0.717, 1.165) is 6.54 Å². The second-order valence-corrected chi connectivity index (χ2v) is 5.61. The fraction of sp³-hybridized carbons (Fsp3) is 0.667. The number of thiophene rings is 1. The van der Waals surface area contributed by atoms with Crippen LogP contribution in [0.2, 0.25) is 0 Å². The normalized spacial score (nSPS) is 13.6. The smallest absolute Gasteiger partial charge is 0.0354 e. The lowest BCUT2D eigenvalue weighted by Crippen LogP contribution is -2.25. The zero-order chi connectivity index (χ0) is 10.7. The predicted octanol–water partition coefficient (Wildman–Crippen LogP) is 3.67. The molecule has 0 radical (unpaired) electrons. The van der Waals surface area contributed by atoms with E-state index in [9.17, 15) is 0 Å². The molecule has 0 spiro atoms. The van der Waals surface area contributed by atoms with Crippen LogP contribution in [-0.4, -0.2) is 6.54 Å². The van der Waals surface area contributed by atoms with E-state index in [1.807, 2.05) is 11.3 Å². The molecule has 0 aliphatic heterocycles. The van der Waals surface area contributed by atoms with E-state index in [-0.39, 0.29) is 0 Å². The third-order valence-electron chi connectivity index (χ3n) is 2.51. The van der Waals surface area contributed by atoms with Crippen molar-refractivity contribution in [1.82, 2.24) is 5.32 Å². The third kappa shape index (κ3) is 2.58. The maximum atomic E-state index is 3.56. The van der Waals surface area contributed by atoms with Gasteiger partial charge in [0.2, 0.25) is 0 Å². The summed E-state index contributed by atoms with van der Waals surface area (Å²) < 4.78 is 0. The van der Waals surface area contributed by atoms with Crippen molar-refractivity contribution in [3.05, 3.63) is 21.4 Å². The number of hydrogen-bond donors (Lipinski definition) is 1. The first-order chi connectivity index (χ1) is 6.56. The lowest BCUT2D eigenvalue weighted by atomic mass is 9.96. The highest BCUT2D eigenvalue weighted by atomic mass is 32.1. The van der Waals surface area contributed by atoms with Crippen LogP contribution in [0.3, 0.4) is 0 Å². The monoisotopic (exact) mass is 211 g/mol. The van der Waals surface area contributed by atoms with Gasteiger partial charge < -0.3 is 5.32 Å². The molecule has 1 heterocycles. The highest BCUT2D eigenvalue weighted by Gasteiger charge is 2.17. The Hall–Kier alpha value is -0.340. The molecular weight excluding hydrogens is 190 g/mol. The molecule has 80 valence electrons. The van der Waals surface area contributed by atoms with E-state index >= 15 is 0 Å². The molecule has 2 heteroatoms. The maximum Gasteiger partial charge on any atom is 0.0354 e. The molecule has 14 heavy (non-hydrogen) atoms. The highest BCUT2D eigenvalue weighted by Crippen LogP contribution is 2.30. The van der Waals surface area contributed by atoms with E-state index in [0.29, 0.717) is 12.0 Å². The minimum atomic E-state index is 0.518. The standard InChI is InChI=1S/C12H21NS/c1-6-13-12(8(2)3)11-7-9(4)14-10(11)5/h7-8,12-13H,6H2,1-5H3. The van der Waals surface area contributed by atoms with E-state index in [4.69, 9.17) is 0 Å². The maximum absolute atomic E-state index is 3.56. The Morgan fingerprint density at radius 2 is 2.00 bits per heavy atom. The van der Waals surface area contributed by atoms with Crippen molar-refractivity contribution in [2.24, 2.45) is 5.92 Å². The SMILES string of the molecule is CCNC(c1cc(C)sc1C)C(C)C. The van der Waals surface area contributed by atoms with Crippen LogP contribution in [-0.2, 0) is 0 Å². The first kappa shape index (κ1) is 11.7. The van der Waals surface area contributed by atoms with Crippen molar-refractivity contribution in [1.29, 1.82) is 0 Å². The van der Waals surface area contributed by atoms with E-state index in [2.05, 4.69) is 46.0 Å². The average Bonchev–Trinajstić information content (AvgIpc) is 2.40. The van der Waals surface area contributed by atoms with Crippen molar-refractivity contribution in [2.45, 2.75) is 40.7 Å². The minimum Gasteiger partial charge on any atom is -0.310 e. The summed E-state index contributed by atoms with van der Waals surface area (Å²) in [6.07, 6.45) is 0. The van der Waals surface area contributed by atoms with Crippen LogP contribution in [0, 0.1) is 19.8 Å². The molecule has 0 aromatic carbocycles. The summed E-state index contributed by atoms with van der Waals surface area (Å²) in [7, 11) is 0. The van der Waals surface area contributed by atoms with Crippen molar-refractivity contribution in [3.63, 3.8) is 0 Å². The first-order valence-corrected chi connectivity index (χ1v) is 6.18. The quantitative estimate of drug-likeness (QED) is 0.801. The van der Waals surface area contributed by atoms with Crippen LogP contribution in [0.25, 0.3) is 0 Å². The van der Waals surface area contributed by atoms with Gasteiger partial charge in [-0.05, 0) is 37.9 Å². The van der Waals surface area contributed by atoms with Crippen LogP contribution in [0.4, 0.5) is 0 Å². The van der Waals surface area contributed by atoms with Gasteiger partial charge in [0.25, 0.3) is 0 Å². The molecular formula is C12H21NS. The summed E-state index contributed by atoms with van der Waals surface area (Å²) in [5.74, 6) is 0.655. The molecule has 1 atom stereocenters. The molecule has 1 N–H and O–H groups in total. The highest BCUT2D eigenvalue weighted by molar-refractivity contribution is 7.12. The summed E-state index contributed by atoms with van der Waals surface area (Å²) in [4.78, 5) is 2.88.